The molecule has 3 heterocycles. The Bertz CT molecular complexity index is 1190. The first kappa shape index (κ1) is 19.0. The molecule has 3 aromatic rings. The van der Waals surface area contributed by atoms with Gasteiger partial charge in [0, 0.05) is 23.7 Å². The summed E-state index contributed by atoms with van der Waals surface area (Å²) in [7, 11) is 1.45. The Balaban J connectivity index is 1.79. The summed E-state index contributed by atoms with van der Waals surface area (Å²) in [5, 5.41) is 12.9. The molecular weight excluding hydrogens is 407 g/mol. The lowest BCUT2D eigenvalue weighted by molar-refractivity contribution is 0.0929. The van der Waals surface area contributed by atoms with Crippen LogP contribution in [0.25, 0.3) is 5.65 Å². The minimum Gasteiger partial charge on any atom is -0.269 e. The highest BCUT2D eigenvalue weighted by atomic mass is 35.5. The quantitative estimate of drug-likeness (QED) is 0.605. The van der Waals surface area contributed by atoms with E-state index >= 15 is 0 Å². The van der Waals surface area contributed by atoms with Crippen molar-refractivity contribution >= 4 is 26.5 Å². The molecule has 2 unspecified atom stereocenters. The molecule has 6 nitrogen and oxygen atoms in total. The van der Waals surface area contributed by atoms with Gasteiger partial charge in [0.25, 0.3) is 11.2 Å². The van der Waals surface area contributed by atoms with Gasteiger partial charge in [0.2, 0.25) is 0 Å². The predicted octanol–water partition coefficient (Wildman–Crippen LogP) is 3.45. The van der Waals surface area contributed by atoms with E-state index in [1.165, 1.54) is 19.7 Å². The van der Waals surface area contributed by atoms with Gasteiger partial charge in [-0.2, -0.15) is 19.1 Å². The molecule has 1 saturated carbocycles. The number of fused-ring (bicyclic) bond motifs is 1. The monoisotopic (exact) mass is 421 g/mol. The molecule has 1 aliphatic carbocycles. The lowest BCUT2D eigenvalue weighted by atomic mass is 10.1. The fourth-order valence-electron chi connectivity index (χ4n) is 3.47. The van der Waals surface area contributed by atoms with Crippen molar-refractivity contribution in [1.82, 2.24) is 19.2 Å². The van der Waals surface area contributed by atoms with Gasteiger partial charge in [0.1, 0.15) is 11.3 Å². The third kappa shape index (κ3) is 3.30. The fraction of sp³-hybridized carbons (Fsp3) is 0.333. The Kier molecular flexibility index (Phi) is 4.48. The molecule has 3 atom stereocenters. The highest BCUT2D eigenvalue weighted by Crippen LogP contribution is 2.47. The normalized spacial score (nSPS) is 19.0. The summed E-state index contributed by atoms with van der Waals surface area (Å²) < 4.78 is 30.1. The molecule has 0 aliphatic heterocycles. The maximum Gasteiger partial charge on any atom is 0.299 e. The van der Waals surface area contributed by atoms with Crippen LogP contribution in [0.5, 0.6) is 0 Å². The summed E-state index contributed by atoms with van der Waals surface area (Å²) in [6.07, 6.45) is 0.711. The molecular formula is C18H15ClF2N5OP. The SMILES string of the molecule is Cc1ccc2nc(Cn3nc(Cl)cc3C(F)(F)P)cc(=O)n2c1C1C[C@@H]1C#N. The van der Waals surface area contributed by atoms with Crippen LogP contribution >= 0.6 is 20.8 Å². The van der Waals surface area contributed by atoms with Crippen LogP contribution in [0.4, 0.5) is 8.78 Å². The van der Waals surface area contributed by atoms with Crippen LogP contribution in [-0.2, 0) is 12.2 Å². The molecule has 0 aromatic carbocycles. The molecule has 0 bridgehead atoms. The molecule has 0 spiro atoms. The average Bonchev–Trinajstić information content (AvgIpc) is 3.28. The van der Waals surface area contributed by atoms with E-state index in [1.54, 1.807) is 6.07 Å². The van der Waals surface area contributed by atoms with Crippen LogP contribution in [0.3, 0.4) is 0 Å². The van der Waals surface area contributed by atoms with Crippen LogP contribution in [0.2, 0.25) is 5.15 Å². The Morgan fingerprint density at radius 1 is 1.43 bits per heavy atom. The summed E-state index contributed by atoms with van der Waals surface area (Å²) in [5.74, 6) is -0.0969. The number of aromatic nitrogens is 4. The molecule has 1 fully saturated rings. The Hall–Kier alpha value is -2.36. The lowest BCUT2D eigenvalue weighted by Gasteiger charge is -2.14. The molecule has 1 aliphatic rings. The number of hydrogen-bond donors (Lipinski definition) is 0. The Morgan fingerprint density at radius 3 is 2.82 bits per heavy atom. The maximum atomic E-state index is 13.8. The van der Waals surface area contributed by atoms with Gasteiger partial charge >= 0.3 is 0 Å². The van der Waals surface area contributed by atoms with Crippen molar-refractivity contribution < 1.29 is 8.78 Å². The van der Waals surface area contributed by atoms with E-state index in [9.17, 15) is 13.6 Å². The number of alkyl halides is 2. The van der Waals surface area contributed by atoms with Crippen LogP contribution in [0.1, 0.15) is 35.0 Å². The number of pyridine rings is 1. The van der Waals surface area contributed by atoms with Crippen LogP contribution in [-0.4, -0.2) is 19.2 Å². The third-order valence-electron chi connectivity index (χ3n) is 4.84. The van der Waals surface area contributed by atoms with Crippen LogP contribution in [0, 0.1) is 24.2 Å². The van der Waals surface area contributed by atoms with E-state index in [1.807, 2.05) is 13.0 Å². The largest absolute Gasteiger partial charge is 0.299 e. The number of rotatable bonds is 4. The molecule has 144 valence electrons. The van der Waals surface area contributed by atoms with Crippen molar-refractivity contribution in [2.45, 2.75) is 31.5 Å². The molecule has 0 saturated heterocycles. The van der Waals surface area contributed by atoms with E-state index < -0.39 is 5.66 Å². The molecule has 3 aromatic heterocycles. The minimum absolute atomic E-state index is 0.00591. The van der Waals surface area contributed by atoms with Gasteiger partial charge in [-0.1, -0.05) is 26.9 Å². The second-order valence-electron chi connectivity index (χ2n) is 6.89. The number of nitriles is 1. The first-order valence-electron chi connectivity index (χ1n) is 8.51. The number of nitrogens with zero attached hydrogens (tertiary/aromatic N) is 5. The standard InChI is InChI=1S/C18H15ClF2N5OP/c1-9-2-3-15-23-11(8-25-13(18(20,21)28)6-14(19)24-25)5-16(27)26(15)17(9)12-4-10(12)7-22/h2-3,5-6,10,12H,4,8,28H2,1H3/t10-,12?/m1/s1. The van der Waals surface area contributed by atoms with Crippen molar-refractivity contribution in [3.8, 4) is 6.07 Å². The summed E-state index contributed by atoms with van der Waals surface area (Å²) in [6, 6.07) is 8.17. The number of aryl methyl sites for hydroxylation is 1. The zero-order valence-corrected chi connectivity index (χ0v) is 16.6. The zero-order chi connectivity index (χ0) is 20.2. The van der Waals surface area contributed by atoms with E-state index in [2.05, 4.69) is 16.2 Å². The average molecular weight is 422 g/mol. The van der Waals surface area contributed by atoms with Crippen molar-refractivity contribution in [1.29, 1.82) is 5.26 Å². The van der Waals surface area contributed by atoms with Crippen LogP contribution in [0.15, 0.2) is 29.1 Å². The van der Waals surface area contributed by atoms with Gasteiger partial charge in [-0.05, 0) is 25.0 Å². The van der Waals surface area contributed by atoms with E-state index in [4.69, 9.17) is 16.9 Å². The smallest absolute Gasteiger partial charge is 0.269 e. The van der Waals surface area contributed by atoms with Crippen molar-refractivity contribution in [2.24, 2.45) is 5.92 Å². The van der Waals surface area contributed by atoms with E-state index in [0.717, 1.165) is 22.0 Å². The van der Waals surface area contributed by atoms with Gasteiger partial charge < -0.3 is 0 Å². The van der Waals surface area contributed by atoms with Crippen molar-refractivity contribution in [3.05, 3.63) is 62.4 Å². The topological polar surface area (TPSA) is 76.0 Å². The Labute approximate surface area is 166 Å². The van der Waals surface area contributed by atoms with Crippen LogP contribution < -0.4 is 5.56 Å². The summed E-state index contributed by atoms with van der Waals surface area (Å²) in [6.45, 7) is 1.77. The molecule has 28 heavy (non-hydrogen) atoms. The molecule has 0 radical (unpaired) electrons. The lowest BCUT2D eigenvalue weighted by Crippen LogP contribution is -2.22. The molecule has 10 heteroatoms. The predicted molar refractivity (Wildman–Crippen MR) is 103 cm³/mol. The minimum atomic E-state index is -3.21. The first-order chi connectivity index (χ1) is 13.2. The molecule has 0 amide bonds. The fourth-order valence-corrected chi connectivity index (χ4v) is 3.90. The summed E-state index contributed by atoms with van der Waals surface area (Å²) >= 11 is 5.78. The second-order valence-corrected chi connectivity index (χ2v) is 8.00. The van der Waals surface area contributed by atoms with Gasteiger partial charge in [0.15, 0.2) is 5.15 Å². The van der Waals surface area contributed by atoms with Gasteiger partial charge in [-0.15, -0.1) is 0 Å². The summed E-state index contributed by atoms with van der Waals surface area (Å²) in [4.78, 5) is 17.3. The third-order valence-corrected chi connectivity index (χ3v) is 5.32. The maximum absolute atomic E-state index is 13.8. The highest BCUT2D eigenvalue weighted by molar-refractivity contribution is 7.17. The number of hydrogen-bond acceptors (Lipinski definition) is 4. The first-order valence-corrected chi connectivity index (χ1v) is 9.47. The van der Waals surface area contributed by atoms with E-state index in [0.29, 0.717) is 17.8 Å². The number of halogens is 3. The van der Waals surface area contributed by atoms with Crippen molar-refractivity contribution in [2.75, 3.05) is 0 Å². The zero-order valence-electron chi connectivity index (χ0n) is 14.7. The summed E-state index contributed by atoms with van der Waals surface area (Å²) in [5.41, 5.74) is -1.52. The highest BCUT2D eigenvalue weighted by Gasteiger charge is 2.41. The van der Waals surface area contributed by atoms with Crippen molar-refractivity contribution in [3.63, 3.8) is 0 Å². The van der Waals surface area contributed by atoms with Gasteiger partial charge in [0.05, 0.1) is 24.2 Å². The van der Waals surface area contributed by atoms with E-state index in [-0.39, 0.29) is 34.8 Å². The molecule has 0 N–H and O–H groups in total. The van der Waals surface area contributed by atoms with Gasteiger partial charge in [-0.3, -0.25) is 13.9 Å². The van der Waals surface area contributed by atoms with Gasteiger partial charge in [-0.25, -0.2) is 4.98 Å². The second kappa shape index (κ2) is 6.61. The Morgan fingerprint density at radius 2 is 2.18 bits per heavy atom. The molecule has 4 rings (SSSR count).